The van der Waals surface area contributed by atoms with Crippen LogP contribution in [0, 0.1) is 0 Å². The Morgan fingerprint density at radius 2 is 2.04 bits per heavy atom. The number of carbonyl (C=O) groups is 2. The van der Waals surface area contributed by atoms with Crippen molar-refractivity contribution in [1.82, 2.24) is 14.6 Å². The van der Waals surface area contributed by atoms with E-state index in [1.807, 2.05) is 0 Å². The van der Waals surface area contributed by atoms with Gasteiger partial charge in [-0.1, -0.05) is 0 Å². The summed E-state index contributed by atoms with van der Waals surface area (Å²) in [6, 6.07) is 1.10. The number of hydrogen-bond acceptors (Lipinski definition) is 5. The Bertz CT molecular complexity index is 890. The van der Waals surface area contributed by atoms with Crippen LogP contribution in [0.25, 0.3) is 0 Å². The largest absolute Gasteiger partial charge is 0.334 e. The maximum Gasteiger partial charge on any atom is 0.261 e. The number of amides is 1. The standard InChI is InChI=1S/C17H23N3O5S/c1-26(24,25)18-10-11-5-2-3-8-20(11)17(23)13-9-12-14(19-16(13)22)6-4-7-15(12)21/h9,11,18H,2-8,10H2,1H3,(H,19,22). The van der Waals surface area contributed by atoms with Crippen LogP contribution in [-0.2, 0) is 16.4 Å². The van der Waals surface area contributed by atoms with Crippen LogP contribution in [0.1, 0.15) is 58.5 Å². The molecule has 9 heteroatoms. The fraction of sp³-hybridized carbons (Fsp3) is 0.588. The number of Topliss-reactive ketones (excluding diaryl/α,β-unsaturated/α-hetero) is 1. The molecule has 142 valence electrons. The quantitative estimate of drug-likeness (QED) is 0.785. The highest BCUT2D eigenvalue weighted by Crippen LogP contribution is 2.22. The van der Waals surface area contributed by atoms with Crippen molar-refractivity contribution in [2.75, 3.05) is 19.3 Å². The third-order valence-electron chi connectivity index (χ3n) is 4.95. The molecule has 0 aromatic carbocycles. The van der Waals surface area contributed by atoms with E-state index in [1.54, 1.807) is 4.90 Å². The van der Waals surface area contributed by atoms with Gasteiger partial charge in [-0.05, 0) is 38.2 Å². The van der Waals surface area contributed by atoms with E-state index in [9.17, 15) is 22.8 Å². The van der Waals surface area contributed by atoms with Gasteiger partial charge < -0.3 is 9.88 Å². The summed E-state index contributed by atoms with van der Waals surface area (Å²) in [6.45, 7) is 0.575. The predicted octanol–water partition coefficient (Wildman–Crippen LogP) is 0.438. The number of likely N-dealkylation sites (tertiary alicyclic amines) is 1. The van der Waals surface area contributed by atoms with Crippen molar-refractivity contribution in [1.29, 1.82) is 0 Å². The van der Waals surface area contributed by atoms with Crippen molar-refractivity contribution in [2.45, 2.75) is 44.6 Å². The molecule has 1 amide bonds. The molecule has 3 rings (SSSR count). The van der Waals surface area contributed by atoms with Gasteiger partial charge in [-0.3, -0.25) is 14.4 Å². The summed E-state index contributed by atoms with van der Waals surface area (Å²) in [7, 11) is -3.37. The van der Waals surface area contributed by atoms with E-state index >= 15 is 0 Å². The van der Waals surface area contributed by atoms with Gasteiger partial charge in [0, 0.05) is 36.8 Å². The number of rotatable bonds is 4. The Morgan fingerprint density at radius 1 is 1.27 bits per heavy atom. The van der Waals surface area contributed by atoms with Gasteiger partial charge >= 0.3 is 0 Å². The van der Waals surface area contributed by atoms with Crippen LogP contribution >= 0.6 is 0 Å². The average Bonchev–Trinajstić information content (AvgIpc) is 2.59. The molecule has 8 nitrogen and oxygen atoms in total. The minimum atomic E-state index is -3.37. The van der Waals surface area contributed by atoms with E-state index in [2.05, 4.69) is 9.71 Å². The molecular formula is C17H23N3O5S. The highest BCUT2D eigenvalue weighted by Gasteiger charge is 2.31. The van der Waals surface area contributed by atoms with Crippen LogP contribution in [-0.4, -0.2) is 55.4 Å². The Balaban J connectivity index is 1.88. The Morgan fingerprint density at radius 3 is 2.77 bits per heavy atom. The second kappa shape index (κ2) is 7.32. The summed E-state index contributed by atoms with van der Waals surface area (Å²) >= 11 is 0. The van der Waals surface area contributed by atoms with E-state index in [0.717, 1.165) is 19.1 Å². The maximum atomic E-state index is 13.0. The number of aromatic nitrogens is 1. The molecule has 0 bridgehead atoms. The number of pyridine rings is 1. The van der Waals surface area contributed by atoms with Gasteiger partial charge in [0.25, 0.3) is 11.5 Å². The third-order valence-corrected chi connectivity index (χ3v) is 5.64. The number of hydrogen-bond donors (Lipinski definition) is 2. The van der Waals surface area contributed by atoms with Crippen molar-refractivity contribution in [2.24, 2.45) is 0 Å². The maximum absolute atomic E-state index is 13.0. The molecule has 1 aliphatic heterocycles. The van der Waals surface area contributed by atoms with E-state index in [4.69, 9.17) is 0 Å². The second-order valence-corrected chi connectivity index (χ2v) is 8.78. The fourth-order valence-corrected chi connectivity index (χ4v) is 4.11. The summed E-state index contributed by atoms with van der Waals surface area (Å²) in [6.07, 6.45) is 5.15. The zero-order valence-corrected chi connectivity index (χ0v) is 15.5. The van der Waals surface area contributed by atoms with Crippen molar-refractivity contribution in [3.05, 3.63) is 33.2 Å². The van der Waals surface area contributed by atoms with Crippen molar-refractivity contribution < 1.29 is 18.0 Å². The molecule has 2 N–H and O–H groups in total. The highest BCUT2D eigenvalue weighted by atomic mass is 32.2. The molecular weight excluding hydrogens is 358 g/mol. The van der Waals surface area contributed by atoms with Crippen LogP contribution in [0.15, 0.2) is 10.9 Å². The van der Waals surface area contributed by atoms with Crippen LogP contribution in [0.5, 0.6) is 0 Å². The van der Waals surface area contributed by atoms with E-state index in [-0.39, 0.29) is 23.9 Å². The first-order valence-corrected chi connectivity index (χ1v) is 10.7. The van der Waals surface area contributed by atoms with Crippen LogP contribution in [0.3, 0.4) is 0 Å². The number of nitrogens with zero attached hydrogens (tertiary/aromatic N) is 1. The third kappa shape index (κ3) is 4.04. The Hall–Kier alpha value is -2.00. The topological polar surface area (TPSA) is 116 Å². The monoisotopic (exact) mass is 381 g/mol. The molecule has 1 fully saturated rings. The number of fused-ring (bicyclic) bond motifs is 1. The summed E-state index contributed by atoms with van der Waals surface area (Å²) in [5, 5.41) is 0. The molecule has 1 unspecified atom stereocenters. The Labute approximate surface area is 152 Å². The molecule has 1 aliphatic carbocycles. The average molecular weight is 381 g/mol. The molecule has 0 spiro atoms. The SMILES string of the molecule is CS(=O)(=O)NCC1CCCCN1C(=O)c1cc2c([nH]c1=O)CCCC2=O. The molecule has 1 atom stereocenters. The molecule has 1 aromatic rings. The van der Waals surface area contributed by atoms with Crippen molar-refractivity contribution in [3.8, 4) is 0 Å². The fourth-order valence-electron chi connectivity index (χ4n) is 3.62. The van der Waals surface area contributed by atoms with Gasteiger partial charge in [0.05, 0.1) is 6.26 Å². The molecule has 26 heavy (non-hydrogen) atoms. The van der Waals surface area contributed by atoms with Gasteiger partial charge in [0.2, 0.25) is 10.0 Å². The molecule has 0 saturated carbocycles. The minimum absolute atomic E-state index is 0.0507. The lowest BCUT2D eigenvalue weighted by Gasteiger charge is -2.35. The van der Waals surface area contributed by atoms with Crippen LogP contribution < -0.4 is 10.3 Å². The first-order valence-electron chi connectivity index (χ1n) is 8.81. The first kappa shape index (κ1) is 18.8. The Kier molecular flexibility index (Phi) is 5.29. The number of nitrogens with one attached hydrogen (secondary N) is 2. The predicted molar refractivity (Wildman–Crippen MR) is 95.9 cm³/mol. The van der Waals surface area contributed by atoms with Crippen molar-refractivity contribution in [3.63, 3.8) is 0 Å². The first-order chi connectivity index (χ1) is 12.3. The minimum Gasteiger partial charge on any atom is -0.334 e. The number of H-pyrrole nitrogens is 1. The number of aryl methyl sites for hydroxylation is 1. The zero-order valence-electron chi connectivity index (χ0n) is 14.7. The van der Waals surface area contributed by atoms with E-state index in [0.29, 0.717) is 43.5 Å². The summed E-state index contributed by atoms with van der Waals surface area (Å²) in [5.41, 5.74) is 0.466. The number of ketones is 1. The van der Waals surface area contributed by atoms with Crippen molar-refractivity contribution >= 4 is 21.7 Å². The van der Waals surface area contributed by atoms with Gasteiger partial charge in [-0.15, -0.1) is 0 Å². The summed E-state index contributed by atoms with van der Waals surface area (Å²) in [5.74, 6) is -0.516. The van der Waals surface area contributed by atoms with E-state index < -0.39 is 21.5 Å². The normalized spacial score (nSPS) is 20.7. The molecule has 2 aliphatic rings. The van der Waals surface area contributed by atoms with E-state index in [1.165, 1.54) is 6.07 Å². The van der Waals surface area contributed by atoms with Gasteiger partial charge in [-0.2, -0.15) is 0 Å². The summed E-state index contributed by atoms with van der Waals surface area (Å²) < 4.78 is 25.2. The highest BCUT2D eigenvalue weighted by molar-refractivity contribution is 7.88. The lowest BCUT2D eigenvalue weighted by Crippen LogP contribution is -2.50. The number of aromatic amines is 1. The second-order valence-electron chi connectivity index (χ2n) is 6.95. The van der Waals surface area contributed by atoms with Gasteiger partial charge in [0.1, 0.15) is 5.56 Å². The summed E-state index contributed by atoms with van der Waals surface area (Å²) in [4.78, 5) is 41.7. The number of sulfonamides is 1. The number of carbonyl (C=O) groups excluding carboxylic acids is 2. The molecule has 0 radical (unpaired) electrons. The number of piperidine rings is 1. The molecule has 2 heterocycles. The van der Waals surface area contributed by atoms with Crippen LogP contribution in [0.4, 0.5) is 0 Å². The van der Waals surface area contributed by atoms with Gasteiger partial charge in [-0.25, -0.2) is 13.1 Å². The van der Waals surface area contributed by atoms with Crippen LogP contribution in [0.2, 0.25) is 0 Å². The lowest BCUT2D eigenvalue weighted by molar-refractivity contribution is 0.0617. The lowest BCUT2D eigenvalue weighted by atomic mass is 9.93. The molecule has 1 aromatic heterocycles. The van der Waals surface area contributed by atoms with Gasteiger partial charge in [0.15, 0.2) is 5.78 Å². The zero-order chi connectivity index (χ0) is 18.9. The smallest absolute Gasteiger partial charge is 0.261 e. The molecule has 1 saturated heterocycles.